The van der Waals surface area contributed by atoms with E-state index in [4.69, 9.17) is 10.5 Å². The highest BCUT2D eigenvalue weighted by atomic mass is 32.2. The molecular weight excluding hydrogens is 291 g/mol. The van der Waals surface area contributed by atoms with Gasteiger partial charge in [0.25, 0.3) is 0 Å². The van der Waals surface area contributed by atoms with Crippen molar-refractivity contribution in [3.8, 4) is 5.75 Å². The molecule has 0 atom stereocenters. The number of halogens is 1. The van der Waals surface area contributed by atoms with Gasteiger partial charge in [0.05, 0.1) is 18.6 Å². The lowest BCUT2D eigenvalue weighted by atomic mass is 10.2. The summed E-state index contributed by atoms with van der Waals surface area (Å²) in [5.41, 5.74) is 6.73. The van der Waals surface area contributed by atoms with Gasteiger partial charge in [-0.05, 0) is 24.3 Å². The first-order chi connectivity index (χ1) is 10.1. The number of amides is 1. The van der Waals surface area contributed by atoms with E-state index in [9.17, 15) is 9.18 Å². The fourth-order valence-electron chi connectivity index (χ4n) is 1.70. The number of rotatable bonds is 5. The summed E-state index contributed by atoms with van der Waals surface area (Å²) in [6, 6.07) is 11.3. The van der Waals surface area contributed by atoms with Gasteiger partial charge in [-0.2, -0.15) is 0 Å². The van der Waals surface area contributed by atoms with E-state index in [1.165, 1.54) is 13.2 Å². The zero-order valence-corrected chi connectivity index (χ0v) is 12.2. The fourth-order valence-corrected chi connectivity index (χ4v) is 2.44. The molecule has 0 heterocycles. The van der Waals surface area contributed by atoms with Crippen molar-refractivity contribution in [1.29, 1.82) is 0 Å². The van der Waals surface area contributed by atoms with Gasteiger partial charge < -0.3 is 15.8 Å². The van der Waals surface area contributed by atoms with Gasteiger partial charge in [0.2, 0.25) is 5.91 Å². The van der Waals surface area contributed by atoms with Crippen molar-refractivity contribution in [1.82, 2.24) is 0 Å². The average molecular weight is 306 g/mol. The first-order valence-corrected chi connectivity index (χ1v) is 7.19. The highest BCUT2D eigenvalue weighted by Crippen LogP contribution is 2.27. The molecule has 1 amide bonds. The molecule has 0 aliphatic heterocycles. The lowest BCUT2D eigenvalue weighted by molar-refractivity contribution is -0.113. The van der Waals surface area contributed by atoms with Gasteiger partial charge >= 0.3 is 0 Å². The fraction of sp³-hybridized carbons (Fsp3) is 0.133. The van der Waals surface area contributed by atoms with Gasteiger partial charge in [-0.25, -0.2) is 4.39 Å². The van der Waals surface area contributed by atoms with Gasteiger partial charge in [0, 0.05) is 16.6 Å². The van der Waals surface area contributed by atoms with Crippen molar-refractivity contribution in [2.45, 2.75) is 4.90 Å². The van der Waals surface area contributed by atoms with E-state index >= 15 is 0 Å². The molecule has 0 aromatic heterocycles. The van der Waals surface area contributed by atoms with Crippen LogP contribution in [0.3, 0.4) is 0 Å². The van der Waals surface area contributed by atoms with Crippen LogP contribution in [0.15, 0.2) is 47.4 Å². The minimum atomic E-state index is -0.333. The summed E-state index contributed by atoms with van der Waals surface area (Å²) in [6.45, 7) is 0. The van der Waals surface area contributed by atoms with Gasteiger partial charge in [-0.3, -0.25) is 4.79 Å². The first-order valence-electron chi connectivity index (χ1n) is 6.21. The first kappa shape index (κ1) is 15.2. The van der Waals surface area contributed by atoms with Gasteiger partial charge in [0.15, 0.2) is 0 Å². The van der Waals surface area contributed by atoms with E-state index in [2.05, 4.69) is 5.32 Å². The summed E-state index contributed by atoms with van der Waals surface area (Å²) in [6.07, 6.45) is 0. The van der Waals surface area contributed by atoms with Gasteiger partial charge in [-0.1, -0.05) is 12.1 Å². The number of nitrogens with one attached hydrogen (secondary N) is 1. The smallest absolute Gasteiger partial charge is 0.234 e. The standard InChI is InChI=1S/C15H15FN2O2S/c1-20-13-8-10(17)6-7-12(13)18-15(19)9-21-14-5-3-2-4-11(14)16/h2-8H,9,17H2,1H3,(H,18,19). The summed E-state index contributed by atoms with van der Waals surface area (Å²) in [5, 5.41) is 2.72. The number of nitrogens with two attached hydrogens (primary N) is 1. The van der Waals surface area contributed by atoms with Crippen LogP contribution in [0.4, 0.5) is 15.8 Å². The SMILES string of the molecule is COc1cc(N)ccc1NC(=O)CSc1ccccc1F. The Labute approximate surface area is 126 Å². The molecule has 110 valence electrons. The van der Waals surface area contributed by atoms with Crippen LogP contribution in [-0.2, 0) is 4.79 Å². The molecule has 2 aromatic carbocycles. The summed E-state index contributed by atoms with van der Waals surface area (Å²) in [7, 11) is 1.50. The number of ether oxygens (including phenoxy) is 1. The molecule has 21 heavy (non-hydrogen) atoms. The molecule has 0 bridgehead atoms. The number of methoxy groups -OCH3 is 1. The van der Waals surface area contributed by atoms with Gasteiger partial charge in [0.1, 0.15) is 11.6 Å². The molecule has 4 nitrogen and oxygen atoms in total. The van der Waals surface area contributed by atoms with Crippen LogP contribution in [0.1, 0.15) is 0 Å². The molecule has 0 fully saturated rings. The summed E-state index contributed by atoms with van der Waals surface area (Å²) >= 11 is 1.14. The van der Waals surface area contributed by atoms with Crippen molar-refractivity contribution >= 4 is 29.0 Å². The molecule has 6 heteroatoms. The van der Waals surface area contributed by atoms with Crippen molar-refractivity contribution in [3.63, 3.8) is 0 Å². The number of benzene rings is 2. The normalized spacial score (nSPS) is 10.2. The number of thioether (sulfide) groups is 1. The summed E-state index contributed by atoms with van der Waals surface area (Å²) in [5.74, 6) is 0.0139. The number of hydrogen-bond donors (Lipinski definition) is 2. The Morgan fingerprint density at radius 3 is 2.81 bits per heavy atom. The topological polar surface area (TPSA) is 64.3 Å². The third-order valence-electron chi connectivity index (χ3n) is 2.70. The Hall–Kier alpha value is -2.21. The van der Waals surface area contributed by atoms with Crippen LogP contribution in [0.5, 0.6) is 5.75 Å². The van der Waals surface area contributed by atoms with Crippen LogP contribution in [0, 0.1) is 5.82 Å². The molecular formula is C15H15FN2O2S. The lowest BCUT2D eigenvalue weighted by Gasteiger charge is -2.10. The third-order valence-corrected chi connectivity index (χ3v) is 3.74. The number of hydrogen-bond acceptors (Lipinski definition) is 4. The monoisotopic (exact) mass is 306 g/mol. The quantitative estimate of drug-likeness (QED) is 0.658. The summed E-state index contributed by atoms with van der Waals surface area (Å²) in [4.78, 5) is 12.4. The van der Waals surface area contributed by atoms with E-state index in [-0.39, 0.29) is 17.5 Å². The summed E-state index contributed by atoms with van der Waals surface area (Å²) < 4.78 is 18.6. The van der Waals surface area contributed by atoms with Gasteiger partial charge in [-0.15, -0.1) is 11.8 Å². The molecule has 0 radical (unpaired) electrons. The second kappa shape index (κ2) is 6.99. The third kappa shape index (κ3) is 4.13. The van der Waals surface area contributed by atoms with Crippen LogP contribution in [0.25, 0.3) is 0 Å². The van der Waals surface area contributed by atoms with Crippen molar-refractivity contribution in [3.05, 3.63) is 48.3 Å². The maximum atomic E-state index is 13.4. The Morgan fingerprint density at radius 1 is 1.33 bits per heavy atom. The van der Waals surface area contributed by atoms with Crippen LogP contribution >= 0.6 is 11.8 Å². The Kier molecular flexibility index (Phi) is 5.05. The Balaban J connectivity index is 1.98. The number of carbonyl (C=O) groups is 1. The van der Waals surface area contributed by atoms with E-state index in [1.807, 2.05) is 0 Å². The molecule has 2 aromatic rings. The molecule has 0 aliphatic rings. The van der Waals surface area contributed by atoms with Crippen LogP contribution in [0.2, 0.25) is 0 Å². The molecule has 2 rings (SSSR count). The maximum absolute atomic E-state index is 13.4. The molecule has 3 N–H and O–H groups in total. The average Bonchev–Trinajstić information content (AvgIpc) is 2.48. The van der Waals surface area contributed by atoms with E-state index < -0.39 is 0 Å². The second-order valence-electron chi connectivity index (χ2n) is 4.23. The predicted molar refractivity (Wildman–Crippen MR) is 83.2 cm³/mol. The highest BCUT2D eigenvalue weighted by molar-refractivity contribution is 8.00. The molecule has 0 unspecified atom stereocenters. The van der Waals surface area contributed by atoms with E-state index in [0.29, 0.717) is 22.0 Å². The highest BCUT2D eigenvalue weighted by Gasteiger charge is 2.10. The molecule has 0 saturated carbocycles. The second-order valence-corrected chi connectivity index (χ2v) is 5.24. The predicted octanol–water partition coefficient (Wildman–Crippen LogP) is 3.15. The largest absolute Gasteiger partial charge is 0.494 e. The number of anilines is 2. The Bertz CT molecular complexity index is 649. The van der Waals surface area contributed by atoms with E-state index in [0.717, 1.165) is 11.8 Å². The molecule has 0 saturated heterocycles. The zero-order valence-electron chi connectivity index (χ0n) is 11.4. The number of nitrogen functional groups attached to an aromatic ring is 1. The van der Waals surface area contributed by atoms with Crippen LogP contribution < -0.4 is 15.8 Å². The Morgan fingerprint density at radius 2 is 2.10 bits per heavy atom. The number of carbonyl (C=O) groups excluding carboxylic acids is 1. The lowest BCUT2D eigenvalue weighted by Crippen LogP contribution is -2.14. The molecule has 0 spiro atoms. The van der Waals surface area contributed by atoms with Crippen molar-refractivity contribution in [2.24, 2.45) is 0 Å². The zero-order chi connectivity index (χ0) is 15.2. The van der Waals surface area contributed by atoms with Crippen molar-refractivity contribution < 1.29 is 13.9 Å². The van der Waals surface area contributed by atoms with Crippen molar-refractivity contribution in [2.75, 3.05) is 23.9 Å². The minimum absolute atomic E-state index is 0.106. The van der Waals surface area contributed by atoms with E-state index in [1.54, 1.807) is 36.4 Å². The maximum Gasteiger partial charge on any atom is 0.234 e. The molecule has 0 aliphatic carbocycles. The minimum Gasteiger partial charge on any atom is -0.494 e. The van der Waals surface area contributed by atoms with Crippen LogP contribution in [-0.4, -0.2) is 18.8 Å².